The highest BCUT2D eigenvalue weighted by Gasteiger charge is 2.35. The summed E-state index contributed by atoms with van der Waals surface area (Å²) in [7, 11) is 3.12. The van der Waals surface area contributed by atoms with Crippen LogP contribution in [0, 0.1) is 11.6 Å². The summed E-state index contributed by atoms with van der Waals surface area (Å²) >= 11 is 4.99. The number of rotatable bonds is 4. The molecule has 2 heterocycles. The molecule has 3 rings (SSSR count). The van der Waals surface area contributed by atoms with E-state index in [1.165, 1.54) is 12.0 Å². The lowest BCUT2D eigenvalue weighted by Gasteiger charge is -2.21. The van der Waals surface area contributed by atoms with Gasteiger partial charge in [-0.3, -0.25) is 9.69 Å². The fraction of sp³-hybridized carbons (Fsp3) is 0.438. The molecule has 1 atom stereocenters. The van der Waals surface area contributed by atoms with Gasteiger partial charge in [-0.15, -0.1) is 0 Å². The minimum atomic E-state index is -0.865. The third-order valence-corrected chi connectivity index (χ3v) is 4.75. The van der Waals surface area contributed by atoms with E-state index in [1.54, 1.807) is 11.9 Å². The molecule has 1 aromatic carbocycles. The Kier molecular flexibility index (Phi) is 5.31. The van der Waals surface area contributed by atoms with Crippen molar-refractivity contribution in [3.05, 3.63) is 23.8 Å². The van der Waals surface area contributed by atoms with Crippen molar-refractivity contribution in [2.45, 2.75) is 6.10 Å². The van der Waals surface area contributed by atoms with Gasteiger partial charge in [0.2, 0.25) is 5.91 Å². The average Bonchev–Trinajstić information content (AvgIpc) is 3.19. The van der Waals surface area contributed by atoms with E-state index in [9.17, 15) is 18.4 Å². The highest BCUT2D eigenvalue weighted by Crippen LogP contribution is 2.31. The maximum Gasteiger partial charge on any atom is 0.414 e. The Morgan fingerprint density at radius 1 is 1.41 bits per heavy atom. The zero-order chi connectivity index (χ0) is 19.7. The third-order valence-electron chi connectivity index (χ3n) is 4.27. The minimum Gasteiger partial charge on any atom is -0.474 e. The molecule has 2 amide bonds. The Morgan fingerprint density at radius 2 is 2.07 bits per heavy atom. The van der Waals surface area contributed by atoms with Crippen molar-refractivity contribution >= 4 is 40.8 Å². The number of carbonyl (C=O) groups is 2. The first kappa shape index (κ1) is 19.1. The molecule has 1 aromatic rings. The van der Waals surface area contributed by atoms with Crippen LogP contribution in [0.2, 0.25) is 0 Å². The summed E-state index contributed by atoms with van der Waals surface area (Å²) in [6.07, 6.45) is -1.25. The van der Waals surface area contributed by atoms with Crippen LogP contribution in [-0.2, 0) is 14.3 Å². The third kappa shape index (κ3) is 3.87. The standard InChI is InChI=1S/C16H18F2N4O4S/c1-20(16(27)25-2)5-10-6-22(15(24)26-10)9-3-11(17)14(12(18)4-9)21-7-13(23)19-8-21/h3-4,10H,5-8H2,1-2H3,(H,19,23)/t10-/m0/s1. The quantitative estimate of drug-likeness (QED) is 0.758. The second-order valence-corrected chi connectivity index (χ2v) is 6.53. The van der Waals surface area contributed by atoms with Gasteiger partial charge in [0.1, 0.15) is 11.8 Å². The van der Waals surface area contributed by atoms with E-state index < -0.39 is 23.8 Å². The van der Waals surface area contributed by atoms with Crippen LogP contribution >= 0.6 is 12.2 Å². The maximum absolute atomic E-state index is 14.5. The van der Waals surface area contributed by atoms with Crippen molar-refractivity contribution in [3.8, 4) is 0 Å². The number of carbonyl (C=O) groups excluding carboxylic acids is 2. The number of hydrogen-bond donors (Lipinski definition) is 1. The normalized spacial score (nSPS) is 19.2. The second-order valence-electron chi connectivity index (χ2n) is 6.18. The zero-order valence-electron chi connectivity index (χ0n) is 14.7. The van der Waals surface area contributed by atoms with Gasteiger partial charge in [-0.05, 0) is 12.2 Å². The van der Waals surface area contributed by atoms with E-state index in [4.69, 9.17) is 21.7 Å². The van der Waals surface area contributed by atoms with Gasteiger partial charge in [0, 0.05) is 19.2 Å². The number of nitrogens with zero attached hydrogens (tertiary/aromatic N) is 3. The van der Waals surface area contributed by atoms with Crippen molar-refractivity contribution < 1.29 is 27.8 Å². The molecule has 1 N–H and O–H groups in total. The molecule has 146 valence electrons. The summed E-state index contributed by atoms with van der Waals surface area (Å²) in [4.78, 5) is 27.4. The predicted molar refractivity (Wildman–Crippen MR) is 96.6 cm³/mol. The first-order chi connectivity index (χ1) is 12.8. The van der Waals surface area contributed by atoms with Gasteiger partial charge in [0.05, 0.1) is 39.1 Å². The number of thiocarbonyl (C=S) groups is 1. The average molecular weight is 400 g/mol. The van der Waals surface area contributed by atoms with E-state index in [2.05, 4.69) is 5.32 Å². The van der Waals surface area contributed by atoms with E-state index in [0.717, 1.165) is 17.0 Å². The predicted octanol–water partition coefficient (Wildman–Crippen LogP) is 1.05. The lowest BCUT2D eigenvalue weighted by Crippen LogP contribution is -2.36. The molecule has 11 heteroatoms. The maximum atomic E-state index is 14.5. The van der Waals surface area contributed by atoms with Gasteiger partial charge in [-0.25, -0.2) is 13.6 Å². The summed E-state index contributed by atoms with van der Waals surface area (Å²) in [5, 5.41) is 2.72. The van der Waals surface area contributed by atoms with Crippen molar-refractivity contribution in [3.63, 3.8) is 0 Å². The van der Waals surface area contributed by atoms with E-state index in [-0.39, 0.29) is 48.8 Å². The first-order valence-electron chi connectivity index (χ1n) is 8.08. The molecule has 0 bridgehead atoms. The number of amides is 2. The zero-order valence-corrected chi connectivity index (χ0v) is 15.5. The number of benzene rings is 1. The Labute approximate surface area is 159 Å². The van der Waals surface area contributed by atoms with E-state index >= 15 is 0 Å². The van der Waals surface area contributed by atoms with Gasteiger partial charge in [0.25, 0.3) is 5.17 Å². The van der Waals surface area contributed by atoms with Gasteiger partial charge in [0.15, 0.2) is 11.6 Å². The SMILES string of the molecule is COC(=S)N(C)C[C@H]1CN(c2cc(F)c(N3CNC(=O)C3)c(F)c2)C(=O)O1. The van der Waals surface area contributed by atoms with Crippen LogP contribution < -0.4 is 15.1 Å². The van der Waals surface area contributed by atoms with Gasteiger partial charge >= 0.3 is 6.09 Å². The summed E-state index contributed by atoms with van der Waals surface area (Å²) in [5.41, 5.74) is -0.275. The van der Waals surface area contributed by atoms with Crippen LogP contribution in [0.3, 0.4) is 0 Å². The number of halogens is 2. The van der Waals surface area contributed by atoms with Crippen LogP contribution in [0.4, 0.5) is 25.0 Å². The highest BCUT2D eigenvalue weighted by molar-refractivity contribution is 7.80. The number of anilines is 2. The summed E-state index contributed by atoms with van der Waals surface area (Å²) in [6.45, 7) is 0.273. The Hall–Kier alpha value is -2.69. The molecule has 2 aliphatic rings. The van der Waals surface area contributed by atoms with Gasteiger partial charge in [-0.2, -0.15) is 0 Å². The number of ether oxygens (including phenoxy) is 2. The van der Waals surface area contributed by atoms with E-state index in [0.29, 0.717) is 0 Å². The van der Waals surface area contributed by atoms with Crippen LogP contribution in [-0.4, -0.2) is 68.6 Å². The molecule has 27 heavy (non-hydrogen) atoms. The topological polar surface area (TPSA) is 74.4 Å². The fourth-order valence-corrected chi connectivity index (χ4v) is 3.07. The molecule has 0 saturated carbocycles. The molecule has 8 nitrogen and oxygen atoms in total. The van der Waals surface area contributed by atoms with Crippen molar-refractivity contribution in [1.82, 2.24) is 10.2 Å². The number of nitrogens with one attached hydrogen (secondary N) is 1. The number of cyclic esters (lactones) is 1. The van der Waals surface area contributed by atoms with Crippen molar-refractivity contribution in [2.75, 3.05) is 50.3 Å². The number of hydrogen-bond acceptors (Lipinski definition) is 6. The highest BCUT2D eigenvalue weighted by atomic mass is 32.1. The van der Waals surface area contributed by atoms with Crippen LogP contribution in [0.5, 0.6) is 0 Å². The Bertz CT molecular complexity index is 771. The molecular weight excluding hydrogens is 382 g/mol. The molecule has 0 aliphatic carbocycles. The molecule has 0 spiro atoms. The Balaban J connectivity index is 1.75. The van der Waals surface area contributed by atoms with Crippen molar-refractivity contribution in [1.29, 1.82) is 0 Å². The van der Waals surface area contributed by atoms with Gasteiger partial charge in [-0.1, -0.05) is 0 Å². The van der Waals surface area contributed by atoms with Crippen LogP contribution in [0.15, 0.2) is 12.1 Å². The van der Waals surface area contributed by atoms with Gasteiger partial charge < -0.3 is 24.6 Å². The fourth-order valence-electron chi connectivity index (χ4n) is 3.00. The minimum absolute atomic E-state index is 0.0194. The summed E-state index contributed by atoms with van der Waals surface area (Å²) < 4.78 is 39.1. The lowest BCUT2D eigenvalue weighted by molar-refractivity contribution is -0.118. The van der Waals surface area contributed by atoms with E-state index in [1.807, 2.05) is 0 Å². The van der Waals surface area contributed by atoms with Crippen LogP contribution in [0.1, 0.15) is 0 Å². The van der Waals surface area contributed by atoms with Crippen molar-refractivity contribution in [2.24, 2.45) is 0 Å². The summed E-state index contributed by atoms with van der Waals surface area (Å²) in [6, 6.07) is 2.10. The molecule has 0 unspecified atom stereocenters. The monoisotopic (exact) mass is 400 g/mol. The molecule has 0 aromatic heterocycles. The molecule has 2 saturated heterocycles. The van der Waals surface area contributed by atoms with Crippen LogP contribution in [0.25, 0.3) is 0 Å². The molecule has 2 fully saturated rings. The molecule has 2 aliphatic heterocycles. The smallest absolute Gasteiger partial charge is 0.414 e. The first-order valence-corrected chi connectivity index (χ1v) is 8.49. The lowest BCUT2D eigenvalue weighted by atomic mass is 10.2. The summed E-state index contributed by atoms with van der Waals surface area (Å²) in [5.74, 6) is -2.05. The second kappa shape index (κ2) is 7.51. The molecule has 0 radical (unpaired) electrons. The molecular formula is C16H18F2N4O4S. The number of likely N-dealkylation sites (N-methyl/N-ethyl adjacent to an activating group) is 1. The Morgan fingerprint density at radius 3 is 2.63 bits per heavy atom. The largest absolute Gasteiger partial charge is 0.474 e. The number of methoxy groups -OCH3 is 1.